The van der Waals surface area contributed by atoms with Gasteiger partial charge in [0.05, 0.1) is 12.7 Å². The SMILES string of the molecule is COC(=O)c1cnc(F)c(CBr)c1C(F)F. The first kappa shape index (κ1) is 13.0. The molecule has 1 heterocycles. The summed E-state index contributed by atoms with van der Waals surface area (Å²) in [4.78, 5) is 14.4. The molecule has 0 atom stereocenters. The quantitative estimate of drug-likeness (QED) is 0.489. The lowest BCUT2D eigenvalue weighted by Gasteiger charge is -2.11. The van der Waals surface area contributed by atoms with Gasteiger partial charge in [0.1, 0.15) is 0 Å². The summed E-state index contributed by atoms with van der Waals surface area (Å²) >= 11 is 2.87. The Morgan fingerprint density at radius 2 is 2.25 bits per heavy atom. The van der Waals surface area contributed by atoms with Crippen molar-refractivity contribution in [3.8, 4) is 0 Å². The number of rotatable bonds is 3. The monoisotopic (exact) mass is 297 g/mol. The van der Waals surface area contributed by atoms with E-state index in [1.54, 1.807) is 0 Å². The molecule has 0 spiro atoms. The number of hydrogen-bond acceptors (Lipinski definition) is 3. The fraction of sp³-hybridized carbons (Fsp3) is 0.333. The molecule has 0 N–H and O–H groups in total. The molecule has 7 heteroatoms. The van der Waals surface area contributed by atoms with Crippen LogP contribution >= 0.6 is 15.9 Å². The van der Waals surface area contributed by atoms with Gasteiger partial charge in [0.25, 0.3) is 6.43 Å². The molecular weight excluding hydrogens is 291 g/mol. The Kier molecular flexibility index (Phi) is 4.28. The van der Waals surface area contributed by atoms with Crippen LogP contribution in [0.5, 0.6) is 0 Å². The summed E-state index contributed by atoms with van der Waals surface area (Å²) in [6.45, 7) is 0. The molecule has 0 amide bonds. The molecule has 3 nitrogen and oxygen atoms in total. The van der Waals surface area contributed by atoms with Gasteiger partial charge in [-0.15, -0.1) is 0 Å². The first-order chi connectivity index (χ1) is 7.52. The molecule has 0 saturated carbocycles. The number of methoxy groups -OCH3 is 1. The third-order valence-corrected chi connectivity index (χ3v) is 2.49. The van der Waals surface area contributed by atoms with E-state index in [2.05, 4.69) is 25.7 Å². The Balaban J connectivity index is 3.45. The fourth-order valence-electron chi connectivity index (χ4n) is 1.19. The van der Waals surface area contributed by atoms with Gasteiger partial charge in [-0.3, -0.25) is 0 Å². The van der Waals surface area contributed by atoms with Crippen LogP contribution in [-0.4, -0.2) is 18.1 Å². The average molecular weight is 298 g/mol. The third-order valence-electron chi connectivity index (χ3n) is 1.93. The first-order valence-corrected chi connectivity index (χ1v) is 5.24. The van der Waals surface area contributed by atoms with Crippen molar-refractivity contribution < 1.29 is 22.7 Å². The summed E-state index contributed by atoms with van der Waals surface area (Å²) in [5, 5.41) is -0.156. The van der Waals surface area contributed by atoms with Crippen LogP contribution in [0.15, 0.2) is 6.20 Å². The summed E-state index contributed by atoms with van der Waals surface area (Å²) in [5.41, 5.74) is -1.44. The maximum Gasteiger partial charge on any atom is 0.339 e. The van der Waals surface area contributed by atoms with Crippen LogP contribution in [-0.2, 0) is 10.1 Å². The number of hydrogen-bond donors (Lipinski definition) is 0. The van der Waals surface area contributed by atoms with Crippen LogP contribution in [0.4, 0.5) is 13.2 Å². The molecular formula is C9H7BrF3NO2. The van der Waals surface area contributed by atoms with Gasteiger partial charge in [-0.25, -0.2) is 18.6 Å². The van der Waals surface area contributed by atoms with E-state index < -0.39 is 29.5 Å². The van der Waals surface area contributed by atoms with Crippen molar-refractivity contribution in [2.45, 2.75) is 11.8 Å². The van der Waals surface area contributed by atoms with Crippen LogP contribution in [0.2, 0.25) is 0 Å². The maximum atomic E-state index is 13.1. The van der Waals surface area contributed by atoms with Gasteiger partial charge in [0, 0.05) is 22.7 Å². The number of aromatic nitrogens is 1. The predicted molar refractivity (Wildman–Crippen MR) is 53.1 cm³/mol. The van der Waals surface area contributed by atoms with Gasteiger partial charge < -0.3 is 4.74 Å². The smallest absolute Gasteiger partial charge is 0.339 e. The molecule has 0 unspecified atom stereocenters. The van der Waals surface area contributed by atoms with Crippen LogP contribution < -0.4 is 0 Å². The standard InChI is InChI=1S/C9H7BrF3NO2/c1-16-9(15)5-3-14-8(13)4(2-10)6(5)7(11)12/h3,7H,2H2,1H3. The lowest BCUT2D eigenvalue weighted by atomic mass is 10.1. The van der Waals surface area contributed by atoms with Crippen LogP contribution in [0.25, 0.3) is 0 Å². The second kappa shape index (κ2) is 5.29. The van der Waals surface area contributed by atoms with Gasteiger partial charge in [0.15, 0.2) is 0 Å². The molecule has 1 aromatic heterocycles. The van der Waals surface area contributed by atoms with Crippen molar-refractivity contribution in [2.75, 3.05) is 7.11 Å². The Morgan fingerprint density at radius 1 is 1.62 bits per heavy atom. The van der Waals surface area contributed by atoms with E-state index in [9.17, 15) is 18.0 Å². The summed E-state index contributed by atoms with van der Waals surface area (Å²) in [7, 11) is 1.05. The molecule has 0 aliphatic carbocycles. The number of pyridine rings is 1. The molecule has 0 aromatic carbocycles. The summed E-state index contributed by atoms with van der Waals surface area (Å²) in [6.07, 6.45) is -2.23. The normalized spacial score (nSPS) is 10.6. The summed E-state index contributed by atoms with van der Waals surface area (Å²) in [5.74, 6) is -2.00. The third kappa shape index (κ3) is 2.34. The van der Waals surface area contributed by atoms with E-state index in [1.165, 1.54) is 0 Å². The molecule has 16 heavy (non-hydrogen) atoms. The Hall–Kier alpha value is -1.11. The number of carbonyl (C=O) groups is 1. The van der Waals surface area contributed by atoms with Gasteiger partial charge in [0.2, 0.25) is 5.95 Å². The van der Waals surface area contributed by atoms with Crippen LogP contribution in [0.1, 0.15) is 27.9 Å². The lowest BCUT2D eigenvalue weighted by molar-refractivity contribution is 0.0588. The molecule has 0 radical (unpaired) electrons. The van der Waals surface area contributed by atoms with E-state index in [0.29, 0.717) is 0 Å². The van der Waals surface area contributed by atoms with Gasteiger partial charge >= 0.3 is 5.97 Å². The number of esters is 1. The number of carbonyl (C=O) groups excluding carboxylic acids is 1. The molecule has 0 aliphatic heterocycles. The topological polar surface area (TPSA) is 39.2 Å². The largest absolute Gasteiger partial charge is 0.465 e. The van der Waals surface area contributed by atoms with Crippen molar-refractivity contribution in [3.05, 3.63) is 28.8 Å². The van der Waals surface area contributed by atoms with E-state index in [-0.39, 0.29) is 10.9 Å². The van der Waals surface area contributed by atoms with Crippen LogP contribution in [0.3, 0.4) is 0 Å². The fourth-order valence-corrected chi connectivity index (χ4v) is 1.72. The van der Waals surface area contributed by atoms with Crippen LogP contribution in [0, 0.1) is 5.95 Å². The minimum atomic E-state index is -2.97. The Labute approximate surface area is 97.8 Å². The van der Waals surface area contributed by atoms with Crippen molar-refractivity contribution in [2.24, 2.45) is 0 Å². The van der Waals surface area contributed by atoms with E-state index in [4.69, 9.17) is 0 Å². The van der Waals surface area contributed by atoms with Crippen molar-refractivity contribution >= 4 is 21.9 Å². The zero-order chi connectivity index (χ0) is 12.3. The highest BCUT2D eigenvalue weighted by Crippen LogP contribution is 2.29. The minimum absolute atomic E-state index is 0.156. The minimum Gasteiger partial charge on any atom is -0.465 e. The number of halogens is 4. The van der Waals surface area contributed by atoms with E-state index in [0.717, 1.165) is 13.3 Å². The van der Waals surface area contributed by atoms with Gasteiger partial charge in [-0.1, -0.05) is 15.9 Å². The maximum absolute atomic E-state index is 13.1. The van der Waals surface area contributed by atoms with Crippen molar-refractivity contribution in [1.29, 1.82) is 0 Å². The molecule has 88 valence electrons. The molecule has 0 aliphatic rings. The second-order valence-electron chi connectivity index (χ2n) is 2.78. The van der Waals surface area contributed by atoms with Gasteiger partial charge in [-0.2, -0.15) is 4.39 Å². The summed E-state index contributed by atoms with van der Waals surface area (Å²) < 4.78 is 42.9. The van der Waals surface area contributed by atoms with E-state index in [1.807, 2.05) is 0 Å². The summed E-state index contributed by atoms with van der Waals surface area (Å²) in [6, 6.07) is 0. The molecule has 1 aromatic rings. The first-order valence-electron chi connectivity index (χ1n) is 4.12. The second-order valence-corrected chi connectivity index (χ2v) is 3.34. The lowest BCUT2D eigenvalue weighted by Crippen LogP contribution is -2.11. The zero-order valence-corrected chi connectivity index (χ0v) is 9.72. The van der Waals surface area contributed by atoms with Gasteiger partial charge in [-0.05, 0) is 0 Å². The Morgan fingerprint density at radius 3 is 2.69 bits per heavy atom. The number of ether oxygens (including phenoxy) is 1. The molecule has 0 saturated heterocycles. The predicted octanol–water partition coefficient (Wildman–Crippen LogP) is 2.84. The highest BCUT2D eigenvalue weighted by atomic mass is 79.9. The molecule has 0 bridgehead atoms. The number of alkyl halides is 3. The number of nitrogens with zero attached hydrogens (tertiary/aromatic N) is 1. The highest BCUT2D eigenvalue weighted by Gasteiger charge is 2.25. The highest BCUT2D eigenvalue weighted by molar-refractivity contribution is 9.08. The van der Waals surface area contributed by atoms with E-state index >= 15 is 0 Å². The Bertz CT molecular complexity index is 412. The molecule has 1 rings (SSSR count). The average Bonchev–Trinajstić information content (AvgIpc) is 2.27. The molecule has 0 fully saturated rings. The zero-order valence-electron chi connectivity index (χ0n) is 8.14. The van der Waals surface area contributed by atoms with Crippen molar-refractivity contribution in [1.82, 2.24) is 4.98 Å². The van der Waals surface area contributed by atoms with Crippen molar-refractivity contribution in [3.63, 3.8) is 0 Å².